The van der Waals surface area contributed by atoms with Gasteiger partial charge in [0.05, 0.1) is 6.61 Å². The second-order valence-electron chi connectivity index (χ2n) is 5.05. The van der Waals surface area contributed by atoms with Crippen molar-refractivity contribution in [1.82, 2.24) is 4.90 Å². The van der Waals surface area contributed by atoms with Crippen molar-refractivity contribution in [2.45, 2.75) is 18.2 Å². The molecule has 20 heavy (non-hydrogen) atoms. The molecule has 0 bridgehead atoms. The van der Waals surface area contributed by atoms with Crippen LogP contribution in [0.4, 0.5) is 0 Å². The minimum absolute atomic E-state index is 0.0350. The lowest BCUT2D eigenvalue weighted by atomic mass is 10.1. The Morgan fingerprint density at radius 3 is 2.60 bits per heavy atom. The van der Waals surface area contributed by atoms with Gasteiger partial charge in [0.1, 0.15) is 0 Å². The quantitative estimate of drug-likeness (QED) is 0.834. The number of hydrogen-bond donors (Lipinski definition) is 0. The van der Waals surface area contributed by atoms with Crippen molar-refractivity contribution in [2.24, 2.45) is 5.92 Å². The number of hydrogen-bond acceptors (Lipinski definition) is 3. The lowest BCUT2D eigenvalue weighted by Crippen LogP contribution is -2.35. The van der Waals surface area contributed by atoms with Crippen LogP contribution in [0.5, 0.6) is 0 Å². The maximum absolute atomic E-state index is 12.5. The topological polar surface area (TPSA) is 46.6 Å². The van der Waals surface area contributed by atoms with Crippen LogP contribution in [-0.4, -0.2) is 47.6 Å². The predicted octanol–water partition coefficient (Wildman–Crippen LogP) is 1.92. The largest absolute Gasteiger partial charge is 0.381 e. The van der Waals surface area contributed by atoms with Gasteiger partial charge < -0.3 is 9.64 Å². The Morgan fingerprint density at radius 1 is 1.40 bits per heavy atom. The summed E-state index contributed by atoms with van der Waals surface area (Å²) in [4.78, 5) is 15.1. The molecule has 1 aliphatic rings. The molecule has 1 fully saturated rings. The minimum atomic E-state index is -1.01. The maximum atomic E-state index is 12.5. The monoisotopic (exact) mass is 295 g/mol. The van der Waals surface area contributed by atoms with Crippen LogP contribution >= 0.6 is 0 Å². The fourth-order valence-electron chi connectivity index (χ4n) is 2.37. The molecule has 1 aromatic carbocycles. The molecule has 2 atom stereocenters. The van der Waals surface area contributed by atoms with Gasteiger partial charge in [-0.15, -0.1) is 0 Å². The first-order valence-corrected chi connectivity index (χ1v) is 8.48. The SMILES string of the molecule is CCN(C[C@@H]1CCOC1)C(=O)c1ccc([S@](C)=O)cc1. The summed E-state index contributed by atoms with van der Waals surface area (Å²) >= 11 is 0. The molecule has 1 aliphatic heterocycles. The second-order valence-corrected chi connectivity index (χ2v) is 6.43. The van der Waals surface area contributed by atoms with E-state index < -0.39 is 10.8 Å². The van der Waals surface area contributed by atoms with Gasteiger partial charge in [-0.3, -0.25) is 9.00 Å². The fraction of sp³-hybridized carbons (Fsp3) is 0.533. The van der Waals surface area contributed by atoms with E-state index in [1.54, 1.807) is 30.5 Å². The summed E-state index contributed by atoms with van der Waals surface area (Å²) in [5.74, 6) is 0.481. The molecule has 0 spiro atoms. The third-order valence-corrected chi connectivity index (χ3v) is 4.54. The molecule has 0 aromatic heterocycles. The molecule has 1 amide bonds. The summed E-state index contributed by atoms with van der Waals surface area (Å²) in [5.41, 5.74) is 0.653. The standard InChI is InChI=1S/C15H21NO3S/c1-3-16(10-12-8-9-19-11-12)15(17)13-4-6-14(7-5-13)20(2)18/h4-7,12H,3,8-11H2,1-2H3/t12-,20-/m0/s1. The summed E-state index contributed by atoms with van der Waals surface area (Å²) < 4.78 is 16.7. The van der Waals surface area contributed by atoms with Gasteiger partial charge >= 0.3 is 0 Å². The summed E-state index contributed by atoms with van der Waals surface area (Å²) in [5, 5.41) is 0. The van der Waals surface area contributed by atoms with Crippen LogP contribution in [0.3, 0.4) is 0 Å². The van der Waals surface area contributed by atoms with Gasteiger partial charge in [-0.25, -0.2) is 0 Å². The lowest BCUT2D eigenvalue weighted by Gasteiger charge is -2.23. The number of ether oxygens (including phenoxy) is 1. The maximum Gasteiger partial charge on any atom is 0.253 e. The number of benzene rings is 1. The van der Waals surface area contributed by atoms with Crippen LogP contribution < -0.4 is 0 Å². The Labute approximate surface area is 122 Å². The van der Waals surface area contributed by atoms with E-state index in [1.807, 2.05) is 11.8 Å². The number of rotatable bonds is 5. The highest BCUT2D eigenvalue weighted by molar-refractivity contribution is 7.84. The molecular formula is C15H21NO3S. The average Bonchev–Trinajstić information content (AvgIpc) is 2.97. The first kappa shape index (κ1) is 15.2. The van der Waals surface area contributed by atoms with Gasteiger partial charge in [-0.2, -0.15) is 0 Å². The number of amides is 1. The van der Waals surface area contributed by atoms with Crippen LogP contribution in [0, 0.1) is 5.92 Å². The Hall–Kier alpha value is -1.20. The van der Waals surface area contributed by atoms with Gasteiger partial charge in [0.25, 0.3) is 5.91 Å². The van der Waals surface area contributed by atoms with Gasteiger partial charge in [-0.1, -0.05) is 0 Å². The van der Waals surface area contributed by atoms with Crippen LogP contribution in [0.25, 0.3) is 0 Å². The highest BCUT2D eigenvalue weighted by Crippen LogP contribution is 2.16. The van der Waals surface area contributed by atoms with Crippen LogP contribution in [0.1, 0.15) is 23.7 Å². The summed E-state index contributed by atoms with van der Waals surface area (Å²) in [6.45, 7) is 4.97. The molecule has 0 saturated carbocycles. The molecule has 5 heteroatoms. The molecule has 0 unspecified atom stereocenters. The van der Waals surface area contributed by atoms with E-state index in [0.717, 1.165) is 31.1 Å². The van der Waals surface area contributed by atoms with E-state index in [0.29, 0.717) is 18.0 Å². The van der Waals surface area contributed by atoms with E-state index in [1.165, 1.54) is 0 Å². The Balaban J connectivity index is 2.05. The molecule has 4 nitrogen and oxygen atoms in total. The van der Waals surface area contributed by atoms with E-state index in [4.69, 9.17) is 4.74 Å². The van der Waals surface area contributed by atoms with Crippen LogP contribution in [0.15, 0.2) is 29.2 Å². The van der Waals surface area contributed by atoms with Gasteiger partial charge in [-0.05, 0) is 37.6 Å². The highest BCUT2D eigenvalue weighted by Gasteiger charge is 2.22. The van der Waals surface area contributed by atoms with Gasteiger partial charge in [0.2, 0.25) is 0 Å². The molecule has 0 N–H and O–H groups in total. The molecule has 110 valence electrons. The Morgan fingerprint density at radius 2 is 2.10 bits per heavy atom. The second kappa shape index (κ2) is 6.99. The van der Waals surface area contributed by atoms with Crippen molar-refractivity contribution in [1.29, 1.82) is 0 Å². The normalized spacial score (nSPS) is 19.8. The van der Waals surface area contributed by atoms with Gasteiger partial charge in [0, 0.05) is 53.1 Å². The average molecular weight is 295 g/mol. The molecular weight excluding hydrogens is 274 g/mol. The number of carbonyl (C=O) groups is 1. The van der Waals surface area contributed by atoms with E-state index in [-0.39, 0.29) is 5.91 Å². The molecule has 2 rings (SSSR count). The zero-order valence-electron chi connectivity index (χ0n) is 12.0. The van der Waals surface area contributed by atoms with Crippen molar-refractivity contribution < 1.29 is 13.7 Å². The fourth-order valence-corrected chi connectivity index (χ4v) is 2.89. The summed E-state index contributed by atoms with van der Waals surface area (Å²) in [6, 6.07) is 7.03. The number of nitrogens with zero attached hydrogens (tertiary/aromatic N) is 1. The van der Waals surface area contributed by atoms with E-state index in [2.05, 4.69) is 0 Å². The zero-order valence-corrected chi connectivity index (χ0v) is 12.8. The number of carbonyl (C=O) groups excluding carboxylic acids is 1. The van der Waals surface area contributed by atoms with Gasteiger partial charge in [0.15, 0.2) is 0 Å². The van der Waals surface area contributed by atoms with Crippen molar-refractivity contribution in [3.8, 4) is 0 Å². The molecule has 1 aromatic rings. The lowest BCUT2D eigenvalue weighted by molar-refractivity contribution is 0.0730. The first-order valence-electron chi connectivity index (χ1n) is 6.92. The summed E-state index contributed by atoms with van der Waals surface area (Å²) in [6.07, 6.45) is 2.66. The smallest absolute Gasteiger partial charge is 0.253 e. The molecule has 0 radical (unpaired) electrons. The molecule has 1 saturated heterocycles. The van der Waals surface area contributed by atoms with Crippen LogP contribution in [0.2, 0.25) is 0 Å². The van der Waals surface area contributed by atoms with E-state index in [9.17, 15) is 9.00 Å². The zero-order chi connectivity index (χ0) is 14.5. The van der Waals surface area contributed by atoms with Crippen molar-refractivity contribution in [3.63, 3.8) is 0 Å². The molecule has 0 aliphatic carbocycles. The third kappa shape index (κ3) is 3.67. The van der Waals surface area contributed by atoms with Crippen molar-refractivity contribution >= 4 is 16.7 Å². The Bertz CT molecular complexity index is 480. The molecule has 1 heterocycles. The van der Waals surface area contributed by atoms with Crippen molar-refractivity contribution in [3.05, 3.63) is 29.8 Å². The van der Waals surface area contributed by atoms with E-state index >= 15 is 0 Å². The van der Waals surface area contributed by atoms with Crippen LogP contribution in [-0.2, 0) is 15.5 Å². The summed E-state index contributed by atoms with van der Waals surface area (Å²) in [7, 11) is -1.01. The first-order chi connectivity index (χ1) is 9.61. The predicted molar refractivity (Wildman–Crippen MR) is 79.3 cm³/mol. The Kier molecular flexibility index (Phi) is 5.31. The third-order valence-electron chi connectivity index (χ3n) is 3.60. The highest BCUT2D eigenvalue weighted by atomic mass is 32.2. The van der Waals surface area contributed by atoms with Crippen molar-refractivity contribution in [2.75, 3.05) is 32.6 Å². The minimum Gasteiger partial charge on any atom is -0.381 e.